The lowest BCUT2D eigenvalue weighted by atomic mass is 10.1. The minimum absolute atomic E-state index is 0.117. The molecule has 0 atom stereocenters. The van der Waals surface area contributed by atoms with Crippen LogP contribution in [0.25, 0.3) is 0 Å². The molecule has 0 aliphatic carbocycles. The van der Waals surface area contributed by atoms with Crippen LogP contribution in [0, 0.1) is 0 Å². The summed E-state index contributed by atoms with van der Waals surface area (Å²) in [6, 6.07) is 10.6. The summed E-state index contributed by atoms with van der Waals surface area (Å²) in [6.45, 7) is 2.76. The van der Waals surface area contributed by atoms with Crippen LogP contribution >= 0.6 is 46.4 Å². The SMILES string of the molecule is CO/N=C(C)/C(=N/OC)c1ccc(OCCCOc2c(Cl)cc(OCC=C(Cl)Cl)cc2Cl)cc1. The molecule has 0 aliphatic heterocycles. The van der Waals surface area contributed by atoms with Crippen LogP contribution in [0.1, 0.15) is 18.9 Å². The van der Waals surface area contributed by atoms with E-state index in [1.54, 1.807) is 19.1 Å². The maximum absolute atomic E-state index is 6.27. The zero-order chi connectivity index (χ0) is 24.9. The number of nitrogens with zero attached hydrogens (tertiary/aromatic N) is 2. The van der Waals surface area contributed by atoms with Gasteiger partial charge in [0.15, 0.2) is 5.75 Å². The van der Waals surface area contributed by atoms with E-state index in [2.05, 4.69) is 10.3 Å². The molecule has 0 unspecified atom stereocenters. The van der Waals surface area contributed by atoms with Crippen molar-refractivity contribution in [2.45, 2.75) is 13.3 Å². The third kappa shape index (κ3) is 9.14. The highest BCUT2D eigenvalue weighted by atomic mass is 35.5. The Bertz CT molecular complexity index is 1000. The molecule has 11 heteroatoms. The molecule has 7 nitrogen and oxygen atoms in total. The number of hydrogen-bond acceptors (Lipinski definition) is 7. The summed E-state index contributed by atoms with van der Waals surface area (Å²) >= 11 is 23.6. The van der Waals surface area contributed by atoms with Crippen LogP contribution in [0.4, 0.5) is 0 Å². The second kappa shape index (κ2) is 14.8. The molecular formula is C23H24Cl4N2O5. The second-order valence-corrected chi connectivity index (χ2v) is 8.40. The van der Waals surface area contributed by atoms with Gasteiger partial charge in [0.25, 0.3) is 0 Å². The molecule has 2 aromatic rings. The number of rotatable bonds is 13. The maximum Gasteiger partial charge on any atom is 0.156 e. The fourth-order valence-electron chi connectivity index (χ4n) is 2.69. The molecule has 0 heterocycles. The van der Waals surface area contributed by atoms with Gasteiger partial charge in [-0.1, -0.05) is 56.7 Å². The van der Waals surface area contributed by atoms with Crippen molar-refractivity contribution in [3.8, 4) is 17.2 Å². The molecule has 0 aromatic heterocycles. The Morgan fingerprint density at radius 1 is 0.853 bits per heavy atom. The minimum Gasteiger partial charge on any atom is -0.493 e. The molecular weight excluding hydrogens is 526 g/mol. The largest absolute Gasteiger partial charge is 0.493 e. The van der Waals surface area contributed by atoms with Crippen LogP contribution in [0.2, 0.25) is 10.0 Å². The molecule has 0 amide bonds. The molecule has 0 saturated carbocycles. The van der Waals surface area contributed by atoms with Gasteiger partial charge in [0.2, 0.25) is 0 Å². The molecule has 2 aromatic carbocycles. The summed E-state index contributed by atoms with van der Waals surface area (Å²) in [5.74, 6) is 1.55. The van der Waals surface area contributed by atoms with E-state index < -0.39 is 0 Å². The molecule has 0 saturated heterocycles. The van der Waals surface area contributed by atoms with Gasteiger partial charge in [-0.15, -0.1) is 0 Å². The Kier molecular flexibility index (Phi) is 12.2. The number of oxime groups is 2. The number of hydrogen-bond donors (Lipinski definition) is 0. The lowest BCUT2D eigenvalue weighted by Gasteiger charge is -2.13. The lowest BCUT2D eigenvalue weighted by Crippen LogP contribution is -2.13. The first-order valence-corrected chi connectivity index (χ1v) is 11.5. The van der Waals surface area contributed by atoms with Gasteiger partial charge >= 0.3 is 0 Å². The quantitative estimate of drug-likeness (QED) is 0.154. The summed E-state index contributed by atoms with van der Waals surface area (Å²) in [7, 11) is 2.94. The van der Waals surface area contributed by atoms with Crippen LogP contribution in [-0.4, -0.2) is 45.5 Å². The zero-order valence-corrected chi connectivity index (χ0v) is 21.8. The third-order valence-electron chi connectivity index (χ3n) is 4.14. The van der Waals surface area contributed by atoms with Crippen LogP contribution in [0.5, 0.6) is 17.2 Å². The Morgan fingerprint density at radius 2 is 1.47 bits per heavy atom. The standard InChI is InChI=1S/C23H24Cl4N2O5/c1-15(28-30-2)22(29-31-3)16-5-7-17(8-6-16)32-10-4-11-34-23-19(24)13-18(14-20(23)25)33-12-9-21(26)27/h5-9,13-14H,4,10-12H2,1-3H3/b28-15+,29-22-. The average molecular weight is 550 g/mol. The van der Waals surface area contributed by atoms with Gasteiger partial charge in [-0.3, -0.25) is 0 Å². The van der Waals surface area contributed by atoms with E-state index >= 15 is 0 Å². The first-order chi connectivity index (χ1) is 16.3. The number of ether oxygens (including phenoxy) is 3. The summed E-state index contributed by atoms with van der Waals surface area (Å²) < 4.78 is 17.1. The van der Waals surface area contributed by atoms with Gasteiger partial charge < -0.3 is 23.9 Å². The highest BCUT2D eigenvalue weighted by Crippen LogP contribution is 2.37. The van der Waals surface area contributed by atoms with Crippen LogP contribution in [0.3, 0.4) is 0 Å². The van der Waals surface area contributed by atoms with E-state index in [-0.39, 0.29) is 11.1 Å². The van der Waals surface area contributed by atoms with Crippen LogP contribution < -0.4 is 14.2 Å². The molecule has 0 radical (unpaired) electrons. The molecule has 184 valence electrons. The minimum atomic E-state index is 0.117. The van der Waals surface area contributed by atoms with Crippen molar-refractivity contribution >= 4 is 57.8 Å². The highest BCUT2D eigenvalue weighted by molar-refractivity contribution is 6.55. The molecule has 0 N–H and O–H groups in total. The van der Waals surface area contributed by atoms with E-state index in [0.717, 1.165) is 5.56 Å². The van der Waals surface area contributed by atoms with Gasteiger partial charge in [-0.25, -0.2) is 0 Å². The lowest BCUT2D eigenvalue weighted by molar-refractivity contribution is 0.210. The number of benzene rings is 2. The van der Waals surface area contributed by atoms with E-state index in [4.69, 9.17) is 70.3 Å². The van der Waals surface area contributed by atoms with Crippen LogP contribution in [0.15, 0.2) is 57.3 Å². The second-order valence-electron chi connectivity index (χ2n) is 6.58. The Morgan fingerprint density at radius 3 is 2.06 bits per heavy atom. The van der Waals surface area contributed by atoms with Gasteiger partial charge in [0.1, 0.15) is 48.2 Å². The van der Waals surface area contributed by atoms with Crippen molar-refractivity contribution in [2.24, 2.45) is 10.3 Å². The first-order valence-electron chi connectivity index (χ1n) is 10.0. The fraction of sp³-hybridized carbons (Fsp3) is 0.304. The summed E-state index contributed by atoms with van der Waals surface area (Å²) in [5.41, 5.74) is 1.96. The average Bonchev–Trinajstić information content (AvgIpc) is 2.79. The van der Waals surface area contributed by atoms with Gasteiger partial charge in [-0.2, -0.15) is 0 Å². The molecule has 0 aliphatic rings. The van der Waals surface area contributed by atoms with Crippen molar-refractivity contribution in [3.63, 3.8) is 0 Å². The molecule has 0 fully saturated rings. The van der Waals surface area contributed by atoms with E-state index in [1.807, 2.05) is 24.3 Å². The molecule has 34 heavy (non-hydrogen) atoms. The highest BCUT2D eigenvalue weighted by Gasteiger charge is 2.12. The van der Waals surface area contributed by atoms with Crippen molar-refractivity contribution in [2.75, 3.05) is 34.0 Å². The predicted octanol–water partition coefficient (Wildman–Crippen LogP) is 6.91. The fourth-order valence-corrected chi connectivity index (χ4v) is 3.39. The van der Waals surface area contributed by atoms with Gasteiger partial charge in [0, 0.05) is 24.1 Å². The van der Waals surface area contributed by atoms with Crippen LogP contribution in [-0.2, 0) is 9.68 Å². The summed E-state index contributed by atoms with van der Waals surface area (Å²) in [6.07, 6.45) is 2.12. The molecule has 2 rings (SSSR count). The Labute approximate surface area is 218 Å². The smallest absolute Gasteiger partial charge is 0.156 e. The van der Waals surface area contributed by atoms with Gasteiger partial charge in [-0.05, 0) is 37.3 Å². The topological polar surface area (TPSA) is 70.9 Å². The normalized spacial score (nSPS) is 11.6. The Hall–Kier alpha value is -2.32. The maximum atomic E-state index is 6.27. The van der Waals surface area contributed by atoms with Crippen molar-refractivity contribution in [3.05, 3.63) is 62.6 Å². The summed E-state index contributed by atoms with van der Waals surface area (Å²) in [4.78, 5) is 9.71. The summed E-state index contributed by atoms with van der Waals surface area (Å²) in [5, 5.41) is 8.57. The van der Waals surface area contributed by atoms with E-state index in [1.165, 1.54) is 20.3 Å². The van der Waals surface area contributed by atoms with E-state index in [0.29, 0.717) is 58.4 Å². The predicted molar refractivity (Wildman–Crippen MR) is 137 cm³/mol. The van der Waals surface area contributed by atoms with Crippen molar-refractivity contribution in [1.29, 1.82) is 0 Å². The van der Waals surface area contributed by atoms with Crippen molar-refractivity contribution < 1.29 is 23.9 Å². The van der Waals surface area contributed by atoms with Gasteiger partial charge in [0.05, 0.1) is 23.3 Å². The monoisotopic (exact) mass is 548 g/mol. The molecule has 0 bridgehead atoms. The molecule has 0 spiro atoms. The van der Waals surface area contributed by atoms with Crippen molar-refractivity contribution in [1.82, 2.24) is 0 Å². The Balaban J connectivity index is 1.84. The number of halogens is 4. The first kappa shape index (κ1) is 27.9. The zero-order valence-electron chi connectivity index (χ0n) is 18.8. The third-order valence-corrected chi connectivity index (χ3v) is 5.01. The van der Waals surface area contributed by atoms with E-state index in [9.17, 15) is 0 Å².